The second kappa shape index (κ2) is 10.7. The van der Waals surface area contributed by atoms with E-state index in [1.54, 1.807) is 24.0 Å². The SMILES string of the molecule is CC(=O)N1CCN(C(=O)C(C2CCCC2)N2CCN(C(=O)Nc3cccc(Cl)c3)CC2)CC1. The van der Waals surface area contributed by atoms with Crippen LogP contribution < -0.4 is 5.32 Å². The molecule has 1 unspecified atom stereocenters. The topological polar surface area (TPSA) is 76.2 Å². The molecule has 8 nitrogen and oxygen atoms in total. The minimum Gasteiger partial charge on any atom is -0.339 e. The van der Waals surface area contributed by atoms with Crippen LogP contribution in [-0.2, 0) is 9.59 Å². The smallest absolute Gasteiger partial charge is 0.321 e. The summed E-state index contributed by atoms with van der Waals surface area (Å²) in [5.74, 6) is 0.638. The number of nitrogens with one attached hydrogen (secondary N) is 1. The van der Waals surface area contributed by atoms with Gasteiger partial charge in [0.15, 0.2) is 0 Å². The van der Waals surface area contributed by atoms with Gasteiger partial charge < -0.3 is 20.0 Å². The van der Waals surface area contributed by atoms with Crippen molar-refractivity contribution in [3.63, 3.8) is 0 Å². The zero-order chi connectivity index (χ0) is 23.4. The number of carbonyl (C=O) groups is 3. The number of amides is 4. The van der Waals surface area contributed by atoms with Crippen LogP contribution in [0.4, 0.5) is 10.5 Å². The maximum atomic E-state index is 13.6. The largest absolute Gasteiger partial charge is 0.339 e. The van der Waals surface area contributed by atoms with Crippen LogP contribution in [0.25, 0.3) is 0 Å². The zero-order valence-electron chi connectivity index (χ0n) is 19.3. The highest BCUT2D eigenvalue weighted by molar-refractivity contribution is 6.30. The summed E-state index contributed by atoms with van der Waals surface area (Å²) in [6.07, 6.45) is 4.52. The van der Waals surface area contributed by atoms with Gasteiger partial charge in [0, 0.05) is 70.0 Å². The predicted octanol–water partition coefficient (Wildman–Crippen LogP) is 2.74. The minimum atomic E-state index is -0.138. The van der Waals surface area contributed by atoms with E-state index in [1.165, 1.54) is 12.8 Å². The number of hydrogen-bond donors (Lipinski definition) is 1. The molecule has 4 rings (SSSR count). The third-order valence-electron chi connectivity index (χ3n) is 7.21. The molecule has 3 aliphatic rings. The number of benzene rings is 1. The van der Waals surface area contributed by atoms with E-state index in [2.05, 4.69) is 10.2 Å². The first-order valence-electron chi connectivity index (χ1n) is 12.0. The first-order chi connectivity index (χ1) is 15.9. The number of hydrogen-bond acceptors (Lipinski definition) is 4. The molecule has 180 valence electrons. The van der Waals surface area contributed by atoms with Crippen molar-refractivity contribution in [2.75, 3.05) is 57.7 Å². The van der Waals surface area contributed by atoms with Crippen molar-refractivity contribution < 1.29 is 14.4 Å². The summed E-state index contributed by atoms with van der Waals surface area (Å²) in [5.41, 5.74) is 0.679. The number of rotatable bonds is 4. The van der Waals surface area contributed by atoms with Crippen molar-refractivity contribution in [1.82, 2.24) is 19.6 Å². The lowest BCUT2D eigenvalue weighted by Crippen LogP contribution is -2.61. The number of carbonyl (C=O) groups excluding carboxylic acids is 3. The summed E-state index contributed by atoms with van der Waals surface area (Å²) in [7, 11) is 0. The van der Waals surface area contributed by atoms with E-state index in [9.17, 15) is 14.4 Å². The number of nitrogens with zero attached hydrogens (tertiary/aromatic N) is 4. The number of urea groups is 1. The van der Waals surface area contributed by atoms with Crippen molar-refractivity contribution in [2.24, 2.45) is 5.92 Å². The van der Waals surface area contributed by atoms with E-state index < -0.39 is 0 Å². The molecule has 3 fully saturated rings. The number of anilines is 1. The van der Waals surface area contributed by atoms with Crippen LogP contribution in [0.1, 0.15) is 32.6 Å². The lowest BCUT2D eigenvalue weighted by molar-refractivity contribution is -0.144. The molecule has 1 N–H and O–H groups in total. The number of halogens is 1. The molecule has 2 saturated heterocycles. The van der Waals surface area contributed by atoms with E-state index in [1.807, 2.05) is 21.9 Å². The Balaban J connectivity index is 1.36. The average Bonchev–Trinajstić information content (AvgIpc) is 3.34. The highest BCUT2D eigenvalue weighted by atomic mass is 35.5. The summed E-state index contributed by atoms with van der Waals surface area (Å²) in [4.78, 5) is 45.9. The lowest BCUT2D eigenvalue weighted by Gasteiger charge is -2.43. The summed E-state index contributed by atoms with van der Waals surface area (Å²) < 4.78 is 0. The lowest BCUT2D eigenvalue weighted by atomic mass is 9.94. The van der Waals surface area contributed by atoms with Gasteiger partial charge in [-0.1, -0.05) is 30.5 Å². The maximum Gasteiger partial charge on any atom is 0.321 e. The van der Waals surface area contributed by atoms with Crippen molar-refractivity contribution in [3.8, 4) is 0 Å². The fraction of sp³-hybridized carbons (Fsp3) is 0.625. The summed E-state index contributed by atoms with van der Waals surface area (Å²) in [6.45, 7) is 6.54. The van der Waals surface area contributed by atoms with Crippen molar-refractivity contribution in [3.05, 3.63) is 29.3 Å². The molecule has 2 aliphatic heterocycles. The molecule has 2 heterocycles. The van der Waals surface area contributed by atoms with Gasteiger partial charge in [-0.2, -0.15) is 0 Å². The molecule has 1 aromatic rings. The van der Waals surface area contributed by atoms with E-state index in [-0.39, 0.29) is 23.9 Å². The molecule has 0 spiro atoms. The Morgan fingerprint density at radius 1 is 0.909 bits per heavy atom. The standard InChI is InChI=1S/C24H34ClN5O3/c1-18(31)27-9-13-29(14-10-27)23(32)22(19-5-2-3-6-19)28-11-15-30(16-12-28)24(33)26-21-8-4-7-20(25)17-21/h4,7-8,17,19,22H,2-3,5-6,9-16H2,1H3,(H,26,33). The quantitative estimate of drug-likeness (QED) is 0.726. The minimum absolute atomic E-state index is 0.0709. The first kappa shape index (κ1) is 23.8. The van der Waals surface area contributed by atoms with Gasteiger partial charge in [0.05, 0.1) is 6.04 Å². The molecule has 1 saturated carbocycles. The number of piperazine rings is 2. The normalized spacial score (nSPS) is 21.2. The van der Waals surface area contributed by atoms with E-state index >= 15 is 0 Å². The van der Waals surface area contributed by atoms with Gasteiger partial charge in [-0.05, 0) is 37.0 Å². The Hall–Kier alpha value is -2.32. The predicted molar refractivity (Wildman–Crippen MR) is 128 cm³/mol. The maximum absolute atomic E-state index is 13.6. The fourth-order valence-corrected chi connectivity index (χ4v) is 5.52. The van der Waals surface area contributed by atoms with Gasteiger partial charge in [-0.15, -0.1) is 0 Å². The van der Waals surface area contributed by atoms with Gasteiger partial charge in [0.1, 0.15) is 0 Å². The Bertz CT molecular complexity index is 859. The molecule has 4 amide bonds. The van der Waals surface area contributed by atoms with Gasteiger partial charge >= 0.3 is 6.03 Å². The molecule has 1 aromatic carbocycles. The fourth-order valence-electron chi connectivity index (χ4n) is 5.33. The Kier molecular flexibility index (Phi) is 7.75. The molecular weight excluding hydrogens is 442 g/mol. The second-order valence-electron chi connectivity index (χ2n) is 9.28. The van der Waals surface area contributed by atoms with Crippen LogP contribution in [0.5, 0.6) is 0 Å². The van der Waals surface area contributed by atoms with E-state index in [4.69, 9.17) is 11.6 Å². The van der Waals surface area contributed by atoms with Gasteiger partial charge in [0.2, 0.25) is 11.8 Å². The summed E-state index contributed by atoms with van der Waals surface area (Å²) >= 11 is 6.02. The van der Waals surface area contributed by atoms with Crippen molar-refractivity contribution in [1.29, 1.82) is 0 Å². The molecule has 0 radical (unpaired) electrons. The first-order valence-corrected chi connectivity index (χ1v) is 12.4. The van der Waals surface area contributed by atoms with Crippen LogP contribution in [0.15, 0.2) is 24.3 Å². The molecule has 0 bridgehead atoms. The van der Waals surface area contributed by atoms with Crippen LogP contribution >= 0.6 is 11.6 Å². The van der Waals surface area contributed by atoms with Gasteiger partial charge in [-0.3, -0.25) is 14.5 Å². The molecule has 33 heavy (non-hydrogen) atoms. The summed E-state index contributed by atoms with van der Waals surface area (Å²) in [6, 6.07) is 6.87. The van der Waals surface area contributed by atoms with Crippen LogP contribution in [0.2, 0.25) is 5.02 Å². The van der Waals surface area contributed by atoms with Crippen molar-refractivity contribution >= 4 is 35.1 Å². The highest BCUT2D eigenvalue weighted by Crippen LogP contribution is 2.32. The third kappa shape index (κ3) is 5.79. The molecule has 1 atom stereocenters. The average molecular weight is 476 g/mol. The van der Waals surface area contributed by atoms with E-state index in [0.717, 1.165) is 12.8 Å². The van der Waals surface area contributed by atoms with Crippen LogP contribution in [0, 0.1) is 5.92 Å². The molecule has 9 heteroatoms. The monoisotopic (exact) mass is 475 g/mol. The van der Waals surface area contributed by atoms with Gasteiger partial charge in [0.25, 0.3) is 0 Å². The van der Waals surface area contributed by atoms with Crippen LogP contribution in [0.3, 0.4) is 0 Å². The van der Waals surface area contributed by atoms with Gasteiger partial charge in [-0.25, -0.2) is 4.79 Å². The zero-order valence-corrected chi connectivity index (χ0v) is 20.1. The second-order valence-corrected chi connectivity index (χ2v) is 9.72. The van der Waals surface area contributed by atoms with Crippen LogP contribution in [-0.4, -0.2) is 95.8 Å². The summed E-state index contributed by atoms with van der Waals surface area (Å²) in [5, 5.41) is 3.50. The molecule has 1 aliphatic carbocycles. The molecular formula is C24H34ClN5O3. The van der Waals surface area contributed by atoms with Crippen molar-refractivity contribution in [2.45, 2.75) is 38.6 Å². The Labute approximate surface area is 200 Å². The Morgan fingerprint density at radius 2 is 1.52 bits per heavy atom. The highest BCUT2D eigenvalue weighted by Gasteiger charge is 2.40. The van der Waals surface area contributed by atoms with E-state index in [0.29, 0.717) is 69.0 Å². The Morgan fingerprint density at radius 3 is 2.12 bits per heavy atom. The third-order valence-corrected chi connectivity index (χ3v) is 7.44. The molecule has 0 aromatic heterocycles.